The molecule has 2 N–H and O–H groups in total. The van der Waals surface area contributed by atoms with Gasteiger partial charge < -0.3 is 20.1 Å². The smallest absolute Gasteiger partial charge is 0.407 e. The van der Waals surface area contributed by atoms with E-state index in [2.05, 4.69) is 29.6 Å². The van der Waals surface area contributed by atoms with E-state index >= 15 is 0 Å². The molecule has 7 nitrogen and oxygen atoms in total. The van der Waals surface area contributed by atoms with Gasteiger partial charge in [0.2, 0.25) is 5.91 Å². The van der Waals surface area contributed by atoms with Crippen LogP contribution in [0.5, 0.6) is 0 Å². The van der Waals surface area contributed by atoms with Gasteiger partial charge in [0, 0.05) is 24.8 Å². The third kappa shape index (κ3) is 5.22. The Kier molecular flexibility index (Phi) is 7.46. The number of carbonyl (C=O) groups excluding carboxylic acids is 2. The fourth-order valence-electron chi connectivity index (χ4n) is 4.69. The number of carboxylic acids is 1. The van der Waals surface area contributed by atoms with Crippen molar-refractivity contribution < 1.29 is 24.2 Å². The lowest BCUT2D eigenvalue weighted by Crippen LogP contribution is -2.53. The molecule has 1 saturated heterocycles. The number of alkyl carbamates (subject to hydrolysis) is 1. The number of benzene rings is 2. The molecule has 2 aromatic rings. The summed E-state index contributed by atoms with van der Waals surface area (Å²) in [6, 6.07) is 15.5. The number of ether oxygens (including phenoxy) is 1. The highest BCUT2D eigenvalue weighted by Gasteiger charge is 2.34. The maximum atomic E-state index is 13.2. The van der Waals surface area contributed by atoms with E-state index in [-0.39, 0.29) is 30.9 Å². The minimum Gasteiger partial charge on any atom is -0.480 e. The van der Waals surface area contributed by atoms with Gasteiger partial charge in [0.05, 0.1) is 0 Å². The number of nitrogens with one attached hydrogen (secondary N) is 1. The zero-order valence-electron chi connectivity index (χ0n) is 19.4. The monoisotopic (exact) mass is 482 g/mol. The van der Waals surface area contributed by atoms with Crippen molar-refractivity contribution in [2.24, 2.45) is 5.92 Å². The third-order valence-electron chi connectivity index (χ3n) is 6.29. The highest BCUT2D eigenvalue weighted by atomic mass is 32.2. The Bertz CT molecular complexity index is 1030. The van der Waals surface area contributed by atoms with E-state index in [1.54, 1.807) is 4.90 Å². The van der Waals surface area contributed by atoms with Gasteiger partial charge in [0.15, 0.2) is 0 Å². The molecule has 0 spiro atoms. The quantitative estimate of drug-likeness (QED) is 0.620. The first-order valence-electron chi connectivity index (χ1n) is 11.6. The number of amides is 2. The summed E-state index contributed by atoms with van der Waals surface area (Å²) in [6.07, 6.45) is -0.188. The van der Waals surface area contributed by atoms with Crippen LogP contribution in [0.15, 0.2) is 48.5 Å². The van der Waals surface area contributed by atoms with Gasteiger partial charge in [-0.15, -0.1) is 11.8 Å². The number of carbonyl (C=O) groups is 3. The fraction of sp³-hybridized carbons (Fsp3) is 0.423. The van der Waals surface area contributed by atoms with Gasteiger partial charge in [-0.05, 0) is 34.6 Å². The van der Waals surface area contributed by atoms with Crippen molar-refractivity contribution >= 4 is 29.7 Å². The highest BCUT2D eigenvalue weighted by molar-refractivity contribution is 8.00. The first kappa shape index (κ1) is 24.1. The van der Waals surface area contributed by atoms with Gasteiger partial charge >= 0.3 is 12.1 Å². The van der Waals surface area contributed by atoms with Crippen LogP contribution in [0.2, 0.25) is 0 Å². The molecule has 180 valence electrons. The molecular weight excluding hydrogens is 452 g/mol. The minimum atomic E-state index is -0.924. The van der Waals surface area contributed by atoms with Crippen molar-refractivity contribution in [3.8, 4) is 11.1 Å². The molecule has 1 heterocycles. The molecule has 0 bridgehead atoms. The van der Waals surface area contributed by atoms with Crippen LogP contribution in [-0.4, -0.2) is 64.7 Å². The Morgan fingerprint density at radius 2 is 1.71 bits per heavy atom. The minimum absolute atomic E-state index is 0.0622. The van der Waals surface area contributed by atoms with Gasteiger partial charge in [-0.1, -0.05) is 62.4 Å². The lowest BCUT2D eigenvalue weighted by Gasteiger charge is -2.33. The number of hydrogen-bond acceptors (Lipinski definition) is 5. The summed E-state index contributed by atoms with van der Waals surface area (Å²) in [6.45, 7) is 4.73. The second-order valence-corrected chi connectivity index (χ2v) is 10.4. The molecule has 1 aliphatic carbocycles. The van der Waals surface area contributed by atoms with Crippen LogP contribution in [0.3, 0.4) is 0 Å². The summed E-state index contributed by atoms with van der Waals surface area (Å²) < 4.78 is 5.63. The van der Waals surface area contributed by atoms with Crippen molar-refractivity contribution in [3.63, 3.8) is 0 Å². The summed E-state index contributed by atoms with van der Waals surface area (Å²) in [5.41, 5.74) is 4.54. The summed E-state index contributed by atoms with van der Waals surface area (Å²) in [7, 11) is 0. The molecule has 2 aliphatic rings. The second kappa shape index (κ2) is 10.5. The number of thioether (sulfide) groups is 1. The molecule has 2 aromatic carbocycles. The topological polar surface area (TPSA) is 95.9 Å². The Morgan fingerprint density at radius 3 is 2.29 bits per heavy atom. The number of rotatable bonds is 7. The van der Waals surface area contributed by atoms with Crippen molar-refractivity contribution in [3.05, 3.63) is 59.7 Å². The van der Waals surface area contributed by atoms with Crippen LogP contribution >= 0.6 is 11.8 Å². The SMILES string of the molecule is CC(C)CC(NC(=O)OCC1c2ccccc2-c2ccccc21)C(=O)N1CCSC(C(=O)O)C1. The molecule has 0 saturated carbocycles. The predicted octanol–water partition coefficient (Wildman–Crippen LogP) is 3.97. The van der Waals surface area contributed by atoms with Gasteiger partial charge in [0.25, 0.3) is 0 Å². The maximum absolute atomic E-state index is 13.2. The van der Waals surface area contributed by atoms with E-state index in [9.17, 15) is 19.5 Å². The van der Waals surface area contributed by atoms with Crippen LogP contribution in [-0.2, 0) is 14.3 Å². The van der Waals surface area contributed by atoms with E-state index in [4.69, 9.17) is 4.74 Å². The van der Waals surface area contributed by atoms with E-state index in [1.807, 2.05) is 38.1 Å². The summed E-state index contributed by atoms with van der Waals surface area (Å²) in [5.74, 6) is -0.520. The number of fused-ring (bicyclic) bond motifs is 3. The van der Waals surface area contributed by atoms with E-state index in [1.165, 1.54) is 11.8 Å². The Labute approximate surface area is 203 Å². The largest absolute Gasteiger partial charge is 0.480 e. The standard InChI is InChI=1S/C26H30N2O5S/c1-16(2)13-22(24(29)28-11-12-34-23(14-28)25(30)31)27-26(32)33-15-21-19-9-5-3-7-17(19)18-8-4-6-10-20(18)21/h3-10,16,21-23H,11-15H2,1-2H3,(H,27,32)(H,30,31). The number of nitrogens with zero attached hydrogens (tertiary/aromatic N) is 1. The molecule has 34 heavy (non-hydrogen) atoms. The average molecular weight is 483 g/mol. The van der Waals surface area contributed by atoms with Crippen molar-refractivity contribution in [2.45, 2.75) is 37.5 Å². The molecule has 0 aromatic heterocycles. The zero-order chi connectivity index (χ0) is 24.2. The van der Waals surface area contributed by atoms with Crippen LogP contribution in [0, 0.1) is 5.92 Å². The molecule has 0 radical (unpaired) electrons. The maximum Gasteiger partial charge on any atom is 0.407 e. The van der Waals surface area contributed by atoms with Crippen molar-refractivity contribution in [1.82, 2.24) is 10.2 Å². The normalized spacial score (nSPS) is 18.2. The first-order valence-corrected chi connectivity index (χ1v) is 12.6. The predicted molar refractivity (Wildman–Crippen MR) is 132 cm³/mol. The zero-order valence-corrected chi connectivity index (χ0v) is 20.2. The van der Waals surface area contributed by atoms with Crippen LogP contribution in [0.25, 0.3) is 11.1 Å². The number of carboxylic acid groups (broad SMARTS) is 1. The molecule has 1 fully saturated rings. The molecule has 2 amide bonds. The van der Waals surface area contributed by atoms with Crippen molar-refractivity contribution in [2.75, 3.05) is 25.4 Å². The number of hydrogen-bond donors (Lipinski definition) is 2. The Hall–Kier alpha value is -3.00. The van der Waals surface area contributed by atoms with Gasteiger partial charge in [-0.25, -0.2) is 4.79 Å². The van der Waals surface area contributed by atoms with Crippen LogP contribution in [0.1, 0.15) is 37.3 Å². The molecule has 8 heteroatoms. The number of aliphatic carboxylic acids is 1. The summed E-state index contributed by atoms with van der Waals surface area (Å²) in [5, 5.41) is 11.4. The summed E-state index contributed by atoms with van der Waals surface area (Å²) in [4.78, 5) is 38.9. The lowest BCUT2D eigenvalue weighted by molar-refractivity contribution is -0.138. The lowest BCUT2D eigenvalue weighted by atomic mass is 9.98. The van der Waals surface area contributed by atoms with E-state index in [0.29, 0.717) is 18.7 Å². The van der Waals surface area contributed by atoms with Crippen LogP contribution in [0.4, 0.5) is 4.79 Å². The highest BCUT2D eigenvalue weighted by Crippen LogP contribution is 2.44. The first-order chi connectivity index (χ1) is 16.3. The molecule has 1 aliphatic heterocycles. The van der Waals surface area contributed by atoms with Gasteiger partial charge in [-0.3, -0.25) is 9.59 Å². The second-order valence-electron chi connectivity index (χ2n) is 9.13. The van der Waals surface area contributed by atoms with E-state index in [0.717, 1.165) is 22.3 Å². The van der Waals surface area contributed by atoms with Crippen LogP contribution < -0.4 is 5.32 Å². The third-order valence-corrected chi connectivity index (χ3v) is 7.47. The molecule has 4 rings (SSSR count). The van der Waals surface area contributed by atoms with E-state index < -0.39 is 23.4 Å². The van der Waals surface area contributed by atoms with Gasteiger partial charge in [-0.2, -0.15) is 0 Å². The molecule has 2 unspecified atom stereocenters. The summed E-state index contributed by atoms with van der Waals surface area (Å²) >= 11 is 1.34. The molecular formula is C26H30N2O5S. The molecule has 2 atom stereocenters. The Balaban J connectivity index is 1.42. The fourth-order valence-corrected chi connectivity index (χ4v) is 5.73. The average Bonchev–Trinajstić information content (AvgIpc) is 3.15. The Morgan fingerprint density at radius 1 is 1.09 bits per heavy atom. The van der Waals surface area contributed by atoms with Crippen molar-refractivity contribution in [1.29, 1.82) is 0 Å². The van der Waals surface area contributed by atoms with Gasteiger partial charge in [0.1, 0.15) is 17.9 Å².